The first kappa shape index (κ1) is 16.8. The summed E-state index contributed by atoms with van der Waals surface area (Å²) in [6, 6.07) is 10.9. The van der Waals surface area contributed by atoms with E-state index in [0.29, 0.717) is 10.6 Å². The monoisotopic (exact) mass is 370 g/mol. The molecule has 0 bridgehead atoms. The Kier molecular flexibility index (Phi) is 4.46. The Bertz CT molecular complexity index is 939. The molecule has 1 unspecified atom stereocenters. The minimum absolute atomic E-state index is 0.0754. The van der Waals surface area contributed by atoms with Crippen molar-refractivity contribution < 1.29 is 4.79 Å². The Balaban J connectivity index is 1.47. The molecule has 1 fully saturated rings. The number of halogens is 1. The number of nitrogens with one attached hydrogen (secondary N) is 1. The zero-order chi connectivity index (χ0) is 18.1. The van der Waals surface area contributed by atoms with Crippen LogP contribution in [0.4, 0.5) is 5.82 Å². The van der Waals surface area contributed by atoms with E-state index in [-0.39, 0.29) is 11.9 Å². The first-order valence-electron chi connectivity index (χ1n) is 8.60. The van der Waals surface area contributed by atoms with Crippen molar-refractivity contribution in [3.63, 3.8) is 0 Å². The molecule has 4 rings (SSSR count). The van der Waals surface area contributed by atoms with Gasteiger partial charge in [0.05, 0.1) is 0 Å². The van der Waals surface area contributed by atoms with Gasteiger partial charge in [-0.25, -0.2) is 0 Å². The molecular formula is C18H19ClN6O. The second-order valence-electron chi connectivity index (χ2n) is 6.47. The number of hydrogen-bond donors (Lipinski definition) is 1. The minimum Gasteiger partial charge on any atom is -0.353 e. The van der Waals surface area contributed by atoms with Crippen LogP contribution in [0.3, 0.4) is 0 Å². The van der Waals surface area contributed by atoms with Crippen molar-refractivity contribution in [3.8, 4) is 0 Å². The van der Waals surface area contributed by atoms with Crippen LogP contribution < -0.4 is 10.2 Å². The predicted molar refractivity (Wildman–Crippen MR) is 99.7 cm³/mol. The number of piperidine rings is 1. The lowest BCUT2D eigenvalue weighted by atomic mass is 10.0. The third-order valence-corrected chi connectivity index (χ3v) is 4.84. The van der Waals surface area contributed by atoms with Crippen LogP contribution in [0.5, 0.6) is 0 Å². The van der Waals surface area contributed by atoms with Crippen LogP contribution in [0.25, 0.3) is 5.65 Å². The third-order valence-electron chi connectivity index (χ3n) is 4.59. The fourth-order valence-corrected chi connectivity index (χ4v) is 3.35. The largest absolute Gasteiger partial charge is 0.353 e. The highest BCUT2D eigenvalue weighted by Gasteiger charge is 2.23. The van der Waals surface area contributed by atoms with E-state index in [0.717, 1.165) is 43.2 Å². The summed E-state index contributed by atoms with van der Waals surface area (Å²) in [5.74, 6) is 1.55. The van der Waals surface area contributed by atoms with E-state index in [9.17, 15) is 4.79 Å². The maximum Gasteiger partial charge on any atom is 0.251 e. The molecular weight excluding hydrogens is 352 g/mol. The summed E-state index contributed by atoms with van der Waals surface area (Å²) in [4.78, 5) is 14.6. The minimum atomic E-state index is -0.0772. The molecule has 134 valence electrons. The molecule has 1 atom stereocenters. The molecule has 1 aromatic carbocycles. The van der Waals surface area contributed by atoms with Gasteiger partial charge in [0, 0.05) is 29.7 Å². The van der Waals surface area contributed by atoms with Gasteiger partial charge in [0.1, 0.15) is 5.82 Å². The van der Waals surface area contributed by atoms with Gasteiger partial charge in [0.15, 0.2) is 11.5 Å². The molecule has 26 heavy (non-hydrogen) atoms. The summed E-state index contributed by atoms with van der Waals surface area (Å²) < 4.78 is 1.74. The zero-order valence-corrected chi connectivity index (χ0v) is 15.1. The average molecular weight is 371 g/mol. The van der Waals surface area contributed by atoms with Gasteiger partial charge in [-0.1, -0.05) is 11.6 Å². The summed E-state index contributed by atoms with van der Waals surface area (Å²) in [6.07, 6.45) is 1.94. The van der Waals surface area contributed by atoms with Crippen molar-refractivity contribution in [2.24, 2.45) is 0 Å². The van der Waals surface area contributed by atoms with Crippen LogP contribution in [-0.4, -0.2) is 44.8 Å². The summed E-state index contributed by atoms with van der Waals surface area (Å²) in [7, 11) is 0. The number of carbonyl (C=O) groups is 1. The Morgan fingerprint density at radius 3 is 2.81 bits per heavy atom. The molecule has 0 saturated carbocycles. The van der Waals surface area contributed by atoms with Crippen molar-refractivity contribution in [2.45, 2.75) is 25.8 Å². The van der Waals surface area contributed by atoms with Crippen molar-refractivity contribution in [2.75, 3.05) is 18.0 Å². The number of nitrogens with zero attached hydrogens (tertiary/aromatic N) is 5. The zero-order valence-electron chi connectivity index (χ0n) is 14.4. The number of anilines is 1. The lowest BCUT2D eigenvalue weighted by Gasteiger charge is -2.33. The fourth-order valence-electron chi connectivity index (χ4n) is 3.23. The number of aromatic nitrogens is 4. The van der Waals surface area contributed by atoms with Gasteiger partial charge >= 0.3 is 0 Å². The van der Waals surface area contributed by atoms with Gasteiger partial charge in [0.25, 0.3) is 5.91 Å². The molecule has 0 aliphatic carbocycles. The Labute approximate surface area is 156 Å². The van der Waals surface area contributed by atoms with E-state index >= 15 is 0 Å². The van der Waals surface area contributed by atoms with Crippen LogP contribution in [0.2, 0.25) is 5.02 Å². The highest BCUT2D eigenvalue weighted by molar-refractivity contribution is 6.30. The molecule has 1 aliphatic rings. The maximum atomic E-state index is 12.4. The SMILES string of the molecule is Cc1nnc2ccc(N3CCCC(NC(=O)c4ccc(Cl)cc4)C3)nn12. The molecule has 1 N–H and O–H groups in total. The number of rotatable bonds is 3. The van der Waals surface area contributed by atoms with E-state index < -0.39 is 0 Å². The summed E-state index contributed by atoms with van der Waals surface area (Å²) >= 11 is 5.88. The topological polar surface area (TPSA) is 75.4 Å². The van der Waals surface area contributed by atoms with Crippen molar-refractivity contribution in [3.05, 3.63) is 52.8 Å². The molecule has 1 saturated heterocycles. The highest BCUT2D eigenvalue weighted by atomic mass is 35.5. The van der Waals surface area contributed by atoms with Crippen LogP contribution in [0.1, 0.15) is 29.0 Å². The lowest BCUT2D eigenvalue weighted by Crippen LogP contribution is -2.48. The Hall–Kier alpha value is -2.67. The molecule has 1 amide bonds. The number of benzene rings is 1. The van der Waals surface area contributed by atoms with E-state index in [2.05, 4.69) is 25.5 Å². The number of hydrogen-bond acceptors (Lipinski definition) is 5. The van der Waals surface area contributed by atoms with Gasteiger partial charge < -0.3 is 10.2 Å². The maximum absolute atomic E-state index is 12.4. The first-order chi connectivity index (χ1) is 12.6. The van der Waals surface area contributed by atoms with Crippen molar-refractivity contribution in [1.82, 2.24) is 25.1 Å². The van der Waals surface area contributed by atoms with Crippen molar-refractivity contribution >= 4 is 29.0 Å². The molecule has 1 aliphatic heterocycles. The normalized spacial score (nSPS) is 17.5. The smallest absolute Gasteiger partial charge is 0.251 e. The van der Waals surface area contributed by atoms with Crippen LogP contribution in [0, 0.1) is 6.92 Å². The van der Waals surface area contributed by atoms with Crippen molar-refractivity contribution in [1.29, 1.82) is 0 Å². The molecule has 3 aromatic rings. The van der Waals surface area contributed by atoms with Crippen LogP contribution in [-0.2, 0) is 0 Å². The summed E-state index contributed by atoms with van der Waals surface area (Å²) in [5.41, 5.74) is 1.35. The second kappa shape index (κ2) is 6.92. The van der Waals surface area contributed by atoms with E-state index in [4.69, 9.17) is 11.6 Å². The Morgan fingerprint density at radius 2 is 2.00 bits per heavy atom. The second-order valence-corrected chi connectivity index (χ2v) is 6.91. The predicted octanol–water partition coefficient (Wildman–Crippen LogP) is 2.48. The molecule has 3 heterocycles. The molecule has 8 heteroatoms. The average Bonchev–Trinajstić information content (AvgIpc) is 3.03. The van der Waals surface area contributed by atoms with E-state index in [1.54, 1.807) is 28.8 Å². The van der Waals surface area contributed by atoms with E-state index in [1.165, 1.54) is 0 Å². The van der Waals surface area contributed by atoms with Gasteiger partial charge in [-0.2, -0.15) is 4.52 Å². The number of carbonyl (C=O) groups excluding carboxylic acids is 1. The molecule has 7 nitrogen and oxygen atoms in total. The molecule has 2 aromatic heterocycles. The number of amides is 1. The molecule has 0 spiro atoms. The standard InChI is InChI=1S/C18H19ClN6O/c1-12-21-22-16-8-9-17(23-25(12)16)24-10-2-3-15(11-24)20-18(26)13-4-6-14(19)7-5-13/h4-9,15H,2-3,10-11H2,1H3,(H,20,26). The first-order valence-corrected chi connectivity index (χ1v) is 8.98. The molecule has 0 radical (unpaired) electrons. The fraction of sp³-hybridized carbons (Fsp3) is 0.333. The lowest BCUT2D eigenvalue weighted by molar-refractivity contribution is 0.0933. The van der Waals surface area contributed by atoms with Crippen LogP contribution >= 0.6 is 11.6 Å². The summed E-state index contributed by atoms with van der Waals surface area (Å²) in [6.45, 7) is 3.51. The summed E-state index contributed by atoms with van der Waals surface area (Å²) in [5, 5.41) is 16.5. The van der Waals surface area contributed by atoms with Gasteiger partial charge in [-0.3, -0.25) is 4.79 Å². The van der Waals surface area contributed by atoms with Gasteiger partial charge in [0.2, 0.25) is 0 Å². The van der Waals surface area contributed by atoms with E-state index in [1.807, 2.05) is 19.1 Å². The number of aryl methyl sites for hydroxylation is 1. The quantitative estimate of drug-likeness (QED) is 0.766. The third kappa shape index (κ3) is 3.35. The van der Waals surface area contributed by atoms with Gasteiger partial charge in [-0.05, 0) is 56.2 Å². The van der Waals surface area contributed by atoms with Crippen LogP contribution in [0.15, 0.2) is 36.4 Å². The number of fused-ring (bicyclic) bond motifs is 1. The Morgan fingerprint density at radius 1 is 1.19 bits per heavy atom. The van der Waals surface area contributed by atoms with Gasteiger partial charge in [-0.15, -0.1) is 15.3 Å². The highest BCUT2D eigenvalue weighted by Crippen LogP contribution is 2.19.